The van der Waals surface area contributed by atoms with E-state index in [4.69, 9.17) is 4.74 Å². The molecule has 6 nitrogen and oxygen atoms in total. The van der Waals surface area contributed by atoms with E-state index in [1.54, 1.807) is 18.2 Å². The van der Waals surface area contributed by atoms with Gasteiger partial charge in [0, 0.05) is 18.2 Å². The Hall–Kier alpha value is -2.08. The number of ether oxygens (including phenoxy) is 2. The monoisotopic (exact) mass is 306 g/mol. The second-order valence-corrected chi connectivity index (χ2v) is 5.39. The van der Waals surface area contributed by atoms with E-state index in [-0.39, 0.29) is 18.6 Å². The molecule has 1 fully saturated rings. The third kappa shape index (κ3) is 4.73. The molecular formula is C16H22N2O4. The predicted molar refractivity (Wildman–Crippen MR) is 83.0 cm³/mol. The number of anilines is 1. The van der Waals surface area contributed by atoms with Gasteiger partial charge in [0.15, 0.2) is 6.61 Å². The number of nitrogens with one attached hydrogen (secondary N) is 2. The van der Waals surface area contributed by atoms with Gasteiger partial charge in [-0.15, -0.1) is 0 Å². The van der Waals surface area contributed by atoms with Crippen LogP contribution in [0.15, 0.2) is 18.2 Å². The highest BCUT2D eigenvalue weighted by atomic mass is 16.6. The first kappa shape index (κ1) is 16.3. The van der Waals surface area contributed by atoms with Crippen LogP contribution in [-0.4, -0.2) is 38.2 Å². The third-order valence-electron chi connectivity index (χ3n) is 3.65. The summed E-state index contributed by atoms with van der Waals surface area (Å²) in [5.74, 6) is 0.142. The number of carbonyl (C=O) groups excluding carboxylic acids is 2. The number of aryl methyl sites for hydroxylation is 1. The van der Waals surface area contributed by atoms with Crippen LogP contribution in [0.4, 0.5) is 5.69 Å². The van der Waals surface area contributed by atoms with E-state index in [0.29, 0.717) is 12.2 Å². The van der Waals surface area contributed by atoms with Crippen molar-refractivity contribution in [1.82, 2.24) is 5.32 Å². The quantitative estimate of drug-likeness (QED) is 0.781. The lowest BCUT2D eigenvalue weighted by molar-refractivity contribution is -0.142. The molecule has 1 unspecified atom stereocenters. The lowest BCUT2D eigenvalue weighted by Gasteiger charge is -2.13. The Bertz CT molecular complexity index is 539. The molecule has 0 aliphatic carbocycles. The summed E-state index contributed by atoms with van der Waals surface area (Å²) in [6.45, 7) is 2.74. The van der Waals surface area contributed by atoms with Gasteiger partial charge >= 0.3 is 5.97 Å². The maximum atomic E-state index is 12.0. The molecule has 1 aromatic carbocycles. The Morgan fingerprint density at radius 2 is 2.23 bits per heavy atom. The molecule has 2 N–H and O–H groups in total. The average molecular weight is 306 g/mol. The third-order valence-corrected chi connectivity index (χ3v) is 3.65. The van der Waals surface area contributed by atoms with Gasteiger partial charge < -0.3 is 20.1 Å². The van der Waals surface area contributed by atoms with E-state index in [9.17, 15) is 9.59 Å². The molecule has 22 heavy (non-hydrogen) atoms. The summed E-state index contributed by atoms with van der Waals surface area (Å²) in [6.07, 6.45) is 2.66. The van der Waals surface area contributed by atoms with E-state index in [0.717, 1.165) is 30.6 Å². The first-order valence-electron chi connectivity index (χ1n) is 7.42. The summed E-state index contributed by atoms with van der Waals surface area (Å²) in [4.78, 5) is 23.1. The second kappa shape index (κ2) is 7.79. The van der Waals surface area contributed by atoms with Crippen molar-refractivity contribution < 1.29 is 19.1 Å². The Labute approximate surface area is 130 Å². The van der Waals surface area contributed by atoms with Gasteiger partial charge in [-0.25, -0.2) is 4.79 Å². The molecule has 0 spiro atoms. The van der Waals surface area contributed by atoms with Gasteiger partial charge in [-0.3, -0.25) is 4.79 Å². The number of rotatable bonds is 6. The van der Waals surface area contributed by atoms with Crippen molar-refractivity contribution in [2.45, 2.75) is 32.2 Å². The van der Waals surface area contributed by atoms with Crippen LogP contribution in [0.2, 0.25) is 0 Å². The summed E-state index contributed by atoms with van der Waals surface area (Å²) in [6, 6.07) is 5.57. The number of methoxy groups -OCH3 is 1. The molecule has 0 bridgehead atoms. The van der Waals surface area contributed by atoms with Crippen LogP contribution in [-0.2, 0) is 14.3 Å². The summed E-state index contributed by atoms with van der Waals surface area (Å²) in [5.41, 5.74) is 1.64. The molecule has 0 saturated carbocycles. The smallest absolute Gasteiger partial charge is 0.343 e. The normalized spacial score (nSPS) is 17.1. The molecule has 120 valence electrons. The van der Waals surface area contributed by atoms with E-state index < -0.39 is 5.97 Å². The molecule has 2 rings (SSSR count). The fourth-order valence-electron chi connectivity index (χ4n) is 2.42. The standard InChI is InChI=1S/C16H22N2O4/c1-11-8-13(22-10-16(20)21-2)5-6-14(11)18-15(19)9-12-4-3-7-17-12/h5-6,8,12,17H,3-4,7,9-10H2,1-2H3,(H,18,19). The maximum Gasteiger partial charge on any atom is 0.343 e. The highest BCUT2D eigenvalue weighted by Gasteiger charge is 2.18. The highest BCUT2D eigenvalue weighted by Crippen LogP contribution is 2.22. The largest absolute Gasteiger partial charge is 0.482 e. The minimum atomic E-state index is -0.431. The Morgan fingerprint density at radius 1 is 1.41 bits per heavy atom. The van der Waals surface area contributed by atoms with Crippen molar-refractivity contribution in [2.24, 2.45) is 0 Å². The SMILES string of the molecule is COC(=O)COc1ccc(NC(=O)CC2CCCN2)c(C)c1. The molecule has 6 heteroatoms. The van der Waals surface area contributed by atoms with Crippen LogP contribution < -0.4 is 15.4 Å². The predicted octanol–water partition coefficient (Wildman–Crippen LogP) is 1.63. The molecule has 1 amide bonds. The molecule has 1 aromatic rings. The van der Waals surface area contributed by atoms with Crippen LogP contribution in [0.25, 0.3) is 0 Å². The Morgan fingerprint density at radius 3 is 2.86 bits per heavy atom. The van der Waals surface area contributed by atoms with Crippen molar-refractivity contribution in [2.75, 3.05) is 25.6 Å². The van der Waals surface area contributed by atoms with Crippen molar-refractivity contribution in [3.05, 3.63) is 23.8 Å². The topological polar surface area (TPSA) is 76.7 Å². The van der Waals surface area contributed by atoms with Gasteiger partial charge in [0.25, 0.3) is 0 Å². The van der Waals surface area contributed by atoms with Crippen LogP contribution in [0.3, 0.4) is 0 Å². The summed E-state index contributed by atoms with van der Waals surface area (Å²) < 4.78 is 9.82. The van der Waals surface area contributed by atoms with Crippen molar-refractivity contribution >= 4 is 17.6 Å². The number of esters is 1. The fourth-order valence-corrected chi connectivity index (χ4v) is 2.42. The Balaban J connectivity index is 1.88. The van der Waals surface area contributed by atoms with Gasteiger partial charge in [-0.2, -0.15) is 0 Å². The minimum absolute atomic E-state index is 0.00530. The van der Waals surface area contributed by atoms with Crippen LogP contribution in [0.1, 0.15) is 24.8 Å². The van der Waals surface area contributed by atoms with Gasteiger partial charge in [-0.1, -0.05) is 0 Å². The lowest BCUT2D eigenvalue weighted by Crippen LogP contribution is -2.27. The number of hydrogen-bond donors (Lipinski definition) is 2. The second-order valence-electron chi connectivity index (χ2n) is 5.39. The van der Waals surface area contributed by atoms with Crippen LogP contribution in [0.5, 0.6) is 5.75 Å². The Kier molecular flexibility index (Phi) is 5.77. The lowest BCUT2D eigenvalue weighted by atomic mass is 10.1. The molecule has 1 saturated heterocycles. The molecule has 0 radical (unpaired) electrons. The van der Waals surface area contributed by atoms with Gasteiger partial charge in [-0.05, 0) is 50.1 Å². The molecule has 1 aliphatic rings. The molecule has 1 atom stereocenters. The van der Waals surface area contributed by atoms with Crippen LogP contribution in [0, 0.1) is 6.92 Å². The average Bonchev–Trinajstić information content (AvgIpc) is 3.00. The maximum absolute atomic E-state index is 12.0. The van der Waals surface area contributed by atoms with Crippen molar-refractivity contribution in [3.8, 4) is 5.75 Å². The molecule has 1 aliphatic heterocycles. The zero-order chi connectivity index (χ0) is 15.9. The van der Waals surface area contributed by atoms with E-state index in [1.807, 2.05) is 6.92 Å². The number of benzene rings is 1. The van der Waals surface area contributed by atoms with Crippen LogP contribution >= 0.6 is 0 Å². The van der Waals surface area contributed by atoms with Gasteiger partial charge in [0.1, 0.15) is 5.75 Å². The van der Waals surface area contributed by atoms with Gasteiger partial charge in [0.05, 0.1) is 7.11 Å². The molecule has 0 aromatic heterocycles. The van der Waals surface area contributed by atoms with E-state index >= 15 is 0 Å². The van der Waals surface area contributed by atoms with E-state index in [1.165, 1.54) is 7.11 Å². The zero-order valence-electron chi connectivity index (χ0n) is 13.0. The fraction of sp³-hybridized carbons (Fsp3) is 0.500. The van der Waals surface area contributed by atoms with Crippen molar-refractivity contribution in [1.29, 1.82) is 0 Å². The first-order valence-corrected chi connectivity index (χ1v) is 7.42. The van der Waals surface area contributed by atoms with Gasteiger partial charge in [0.2, 0.25) is 5.91 Å². The molecule has 1 heterocycles. The number of hydrogen-bond acceptors (Lipinski definition) is 5. The highest BCUT2D eigenvalue weighted by molar-refractivity contribution is 5.92. The number of carbonyl (C=O) groups is 2. The zero-order valence-corrected chi connectivity index (χ0v) is 13.0. The summed E-state index contributed by atoms with van der Waals surface area (Å²) >= 11 is 0. The summed E-state index contributed by atoms with van der Waals surface area (Å²) in [5, 5.41) is 6.22. The first-order chi connectivity index (χ1) is 10.6. The minimum Gasteiger partial charge on any atom is -0.482 e. The van der Waals surface area contributed by atoms with E-state index in [2.05, 4.69) is 15.4 Å². The summed E-state index contributed by atoms with van der Waals surface area (Å²) in [7, 11) is 1.31. The van der Waals surface area contributed by atoms with Crippen molar-refractivity contribution in [3.63, 3.8) is 0 Å². The molecular weight excluding hydrogens is 284 g/mol. The number of amides is 1.